The van der Waals surface area contributed by atoms with Gasteiger partial charge in [0, 0.05) is 23.1 Å². The molecule has 0 atom stereocenters. The van der Waals surface area contributed by atoms with Crippen molar-refractivity contribution in [1.82, 2.24) is 4.90 Å². The van der Waals surface area contributed by atoms with Crippen molar-refractivity contribution in [3.05, 3.63) is 57.5 Å². The lowest BCUT2D eigenvalue weighted by Crippen LogP contribution is -2.17. The maximum atomic E-state index is 10.9. The molecule has 4 nitrogen and oxygen atoms in total. The number of hydrogen-bond donors (Lipinski definition) is 1. The highest BCUT2D eigenvalue weighted by Crippen LogP contribution is 2.18. The fourth-order valence-corrected chi connectivity index (χ4v) is 2.29. The molecule has 0 radical (unpaired) electrons. The smallest absolute Gasteiger partial charge is 0.371 e. The topological polar surface area (TPSA) is 53.7 Å². The summed E-state index contributed by atoms with van der Waals surface area (Å²) in [5.74, 6) is -0.380. The molecular weight excluding hydrogens is 322 g/mol. The van der Waals surface area contributed by atoms with Crippen LogP contribution in [0, 0.1) is 6.92 Å². The summed E-state index contributed by atoms with van der Waals surface area (Å²) in [6, 6.07) is 9.73. The van der Waals surface area contributed by atoms with Gasteiger partial charge in [-0.1, -0.05) is 28.1 Å². The monoisotopic (exact) mass is 337 g/mol. The summed E-state index contributed by atoms with van der Waals surface area (Å²) in [4.78, 5) is 13.0. The molecule has 1 N–H and O–H groups in total. The standard InChI is InChI=1S/C15H16BrNO3/c1-10-12(7-14(20-10)15(18)19)9-17(2)8-11-3-5-13(16)6-4-11/h3-7H,8-9H2,1-2H3,(H,18,19). The number of nitrogens with zero attached hydrogens (tertiary/aromatic N) is 1. The van der Waals surface area contributed by atoms with Crippen LogP contribution in [0.2, 0.25) is 0 Å². The molecule has 0 aliphatic carbocycles. The first-order valence-corrected chi connectivity index (χ1v) is 7.00. The van der Waals surface area contributed by atoms with Crippen LogP contribution in [0.15, 0.2) is 39.2 Å². The third-order valence-corrected chi connectivity index (χ3v) is 3.57. The van der Waals surface area contributed by atoms with Crippen LogP contribution in [0.5, 0.6) is 0 Å². The Kier molecular flexibility index (Phi) is 4.62. The van der Waals surface area contributed by atoms with Crippen molar-refractivity contribution < 1.29 is 14.3 Å². The molecule has 0 unspecified atom stereocenters. The van der Waals surface area contributed by atoms with Crippen molar-refractivity contribution in [1.29, 1.82) is 0 Å². The average molecular weight is 338 g/mol. The van der Waals surface area contributed by atoms with Crippen molar-refractivity contribution in [2.24, 2.45) is 0 Å². The Morgan fingerprint density at radius 3 is 2.50 bits per heavy atom. The molecule has 0 saturated heterocycles. The van der Waals surface area contributed by atoms with E-state index in [0.717, 1.165) is 16.6 Å². The zero-order valence-electron chi connectivity index (χ0n) is 11.4. The average Bonchev–Trinajstić information content (AvgIpc) is 2.74. The van der Waals surface area contributed by atoms with Gasteiger partial charge in [-0.3, -0.25) is 4.90 Å². The van der Waals surface area contributed by atoms with E-state index in [-0.39, 0.29) is 5.76 Å². The van der Waals surface area contributed by atoms with Gasteiger partial charge in [-0.05, 0) is 37.7 Å². The molecule has 1 aromatic carbocycles. The molecule has 0 spiro atoms. The summed E-state index contributed by atoms with van der Waals surface area (Å²) in [6.07, 6.45) is 0. The van der Waals surface area contributed by atoms with Gasteiger partial charge in [0.05, 0.1) is 0 Å². The first kappa shape index (κ1) is 14.8. The maximum absolute atomic E-state index is 10.9. The van der Waals surface area contributed by atoms with Gasteiger partial charge in [-0.15, -0.1) is 0 Å². The highest BCUT2D eigenvalue weighted by atomic mass is 79.9. The summed E-state index contributed by atoms with van der Waals surface area (Å²) in [6.45, 7) is 3.23. The van der Waals surface area contributed by atoms with Gasteiger partial charge in [0.15, 0.2) is 0 Å². The van der Waals surface area contributed by atoms with Crippen LogP contribution in [-0.2, 0) is 13.1 Å². The minimum absolute atomic E-state index is 0.00505. The summed E-state index contributed by atoms with van der Waals surface area (Å²) >= 11 is 3.41. The quantitative estimate of drug-likeness (QED) is 0.904. The van der Waals surface area contributed by atoms with E-state index in [2.05, 4.69) is 33.0 Å². The number of rotatable bonds is 5. The summed E-state index contributed by atoms with van der Waals surface area (Å²) in [7, 11) is 1.99. The number of aromatic carboxylic acids is 1. The summed E-state index contributed by atoms with van der Waals surface area (Å²) in [5.41, 5.74) is 2.11. The number of aryl methyl sites for hydroxylation is 1. The van der Waals surface area contributed by atoms with Crippen molar-refractivity contribution >= 4 is 21.9 Å². The predicted molar refractivity (Wildman–Crippen MR) is 79.7 cm³/mol. The largest absolute Gasteiger partial charge is 0.475 e. The van der Waals surface area contributed by atoms with Crippen LogP contribution < -0.4 is 0 Å². The molecule has 2 aromatic rings. The normalized spacial score (nSPS) is 11.0. The van der Waals surface area contributed by atoms with E-state index in [1.54, 1.807) is 13.0 Å². The maximum Gasteiger partial charge on any atom is 0.371 e. The zero-order chi connectivity index (χ0) is 14.7. The molecule has 1 aromatic heterocycles. The van der Waals surface area contributed by atoms with E-state index in [9.17, 15) is 4.79 Å². The Morgan fingerprint density at radius 2 is 1.95 bits per heavy atom. The van der Waals surface area contributed by atoms with E-state index in [0.29, 0.717) is 12.3 Å². The lowest BCUT2D eigenvalue weighted by atomic mass is 10.2. The van der Waals surface area contributed by atoms with Crippen LogP contribution in [0.25, 0.3) is 0 Å². The highest BCUT2D eigenvalue weighted by molar-refractivity contribution is 9.10. The Labute approximate surface area is 126 Å². The summed E-state index contributed by atoms with van der Waals surface area (Å²) in [5, 5.41) is 8.91. The Balaban J connectivity index is 2.02. The Morgan fingerprint density at radius 1 is 1.30 bits per heavy atom. The van der Waals surface area contributed by atoms with E-state index in [1.807, 2.05) is 19.2 Å². The van der Waals surface area contributed by atoms with E-state index in [4.69, 9.17) is 9.52 Å². The number of halogens is 1. The number of carboxylic acids is 1. The van der Waals surface area contributed by atoms with E-state index < -0.39 is 5.97 Å². The van der Waals surface area contributed by atoms with Crippen LogP contribution in [0.3, 0.4) is 0 Å². The van der Waals surface area contributed by atoms with E-state index >= 15 is 0 Å². The minimum atomic E-state index is -1.03. The molecule has 20 heavy (non-hydrogen) atoms. The molecule has 0 aliphatic heterocycles. The van der Waals surface area contributed by atoms with E-state index in [1.165, 1.54) is 5.56 Å². The second kappa shape index (κ2) is 6.24. The molecule has 106 valence electrons. The van der Waals surface area contributed by atoms with Gasteiger partial charge in [-0.2, -0.15) is 0 Å². The third-order valence-electron chi connectivity index (χ3n) is 3.04. The predicted octanol–water partition coefficient (Wildman–Crippen LogP) is 3.68. The molecule has 5 heteroatoms. The van der Waals surface area contributed by atoms with Gasteiger partial charge in [-0.25, -0.2) is 4.79 Å². The summed E-state index contributed by atoms with van der Waals surface area (Å²) < 4.78 is 6.27. The molecule has 1 heterocycles. The number of hydrogen-bond acceptors (Lipinski definition) is 3. The Hall–Kier alpha value is -1.59. The highest BCUT2D eigenvalue weighted by Gasteiger charge is 2.14. The van der Waals surface area contributed by atoms with Crippen LogP contribution in [-0.4, -0.2) is 23.0 Å². The second-order valence-corrected chi connectivity index (χ2v) is 5.71. The number of benzene rings is 1. The van der Waals surface area contributed by atoms with Gasteiger partial charge >= 0.3 is 5.97 Å². The van der Waals surface area contributed by atoms with Crippen LogP contribution in [0.1, 0.15) is 27.4 Å². The number of furan rings is 1. The lowest BCUT2D eigenvalue weighted by Gasteiger charge is -2.16. The SMILES string of the molecule is Cc1oc(C(=O)O)cc1CN(C)Cc1ccc(Br)cc1. The zero-order valence-corrected chi connectivity index (χ0v) is 13.0. The van der Waals surface area contributed by atoms with Crippen molar-refractivity contribution in [3.8, 4) is 0 Å². The first-order valence-electron chi connectivity index (χ1n) is 6.21. The van der Waals surface area contributed by atoms with Crippen LogP contribution in [0.4, 0.5) is 0 Å². The van der Waals surface area contributed by atoms with Crippen molar-refractivity contribution in [2.75, 3.05) is 7.05 Å². The van der Waals surface area contributed by atoms with Crippen LogP contribution >= 0.6 is 15.9 Å². The Bertz CT molecular complexity index is 604. The van der Waals surface area contributed by atoms with Gasteiger partial charge < -0.3 is 9.52 Å². The van der Waals surface area contributed by atoms with Crippen molar-refractivity contribution in [2.45, 2.75) is 20.0 Å². The van der Waals surface area contributed by atoms with Gasteiger partial charge in [0.2, 0.25) is 5.76 Å². The lowest BCUT2D eigenvalue weighted by molar-refractivity contribution is 0.0661. The first-order chi connectivity index (χ1) is 9.45. The number of carboxylic acid groups (broad SMARTS) is 1. The van der Waals surface area contributed by atoms with Gasteiger partial charge in [0.1, 0.15) is 5.76 Å². The molecule has 0 aliphatic rings. The number of carbonyl (C=O) groups is 1. The van der Waals surface area contributed by atoms with Gasteiger partial charge in [0.25, 0.3) is 0 Å². The molecule has 0 bridgehead atoms. The second-order valence-electron chi connectivity index (χ2n) is 4.80. The molecule has 0 amide bonds. The minimum Gasteiger partial charge on any atom is -0.475 e. The molecule has 0 saturated carbocycles. The molecule has 0 fully saturated rings. The molecule has 2 rings (SSSR count). The fourth-order valence-electron chi connectivity index (χ4n) is 2.03. The fraction of sp³-hybridized carbons (Fsp3) is 0.267. The third kappa shape index (κ3) is 3.71. The van der Waals surface area contributed by atoms with Crippen molar-refractivity contribution in [3.63, 3.8) is 0 Å². The molecular formula is C15H16BrNO3.